The number of benzene rings is 1. The van der Waals surface area contributed by atoms with Gasteiger partial charge in [-0.15, -0.1) is 0 Å². The van der Waals surface area contributed by atoms with Crippen LogP contribution in [-0.2, 0) is 11.2 Å². The normalized spacial score (nSPS) is 16.1. The van der Waals surface area contributed by atoms with Crippen LogP contribution >= 0.6 is 0 Å². The molecule has 1 aliphatic rings. The van der Waals surface area contributed by atoms with Crippen molar-refractivity contribution in [2.75, 3.05) is 18.0 Å². The summed E-state index contributed by atoms with van der Waals surface area (Å²) < 4.78 is 0. The standard InChI is InChI=1S/C22H23N5O/c28-21(10-9-18-8-4-5-13-23-18)25-19-12-15-27(16-19)22-24-14-11-20(26-22)17-6-2-1-3-7-17/h1-8,11,13-14,19H,9-10,12,15-16H2,(H,25,28). The van der Waals surface area contributed by atoms with E-state index in [2.05, 4.69) is 20.2 Å². The molecule has 1 aliphatic heterocycles. The highest BCUT2D eigenvalue weighted by atomic mass is 16.1. The monoisotopic (exact) mass is 373 g/mol. The number of aryl methyl sites for hydroxylation is 1. The van der Waals surface area contributed by atoms with Crippen LogP contribution in [0.15, 0.2) is 67.0 Å². The molecule has 0 bridgehead atoms. The molecule has 1 atom stereocenters. The maximum absolute atomic E-state index is 12.3. The molecule has 1 saturated heterocycles. The summed E-state index contributed by atoms with van der Waals surface area (Å²) in [5, 5.41) is 3.13. The first-order valence-electron chi connectivity index (χ1n) is 9.60. The Morgan fingerprint density at radius 2 is 1.89 bits per heavy atom. The minimum Gasteiger partial charge on any atom is -0.352 e. The van der Waals surface area contributed by atoms with Gasteiger partial charge < -0.3 is 10.2 Å². The van der Waals surface area contributed by atoms with Gasteiger partial charge in [-0.1, -0.05) is 36.4 Å². The molecule has 3 aromatic rings. The molecule has 2 aromatic heterocycles. The van der Waals surface area contributed by atoms with Gasteiger partial charge in [-0.2, -0.15) is 0 Å². The molecule has 1 aromatic carbocycles. The van der Waals surface area contributed by atoms with Gasteiger partial charge in [-0.3, -0.25) is 9.78 Å². The van der Waals surface area contributed by atoms with E-state index in [0.29, 0.717) is 18.8 Å². The zero-order valence-electron chi connectivity index (χ0n) is 15.7. The fourth-order valence-corrected chi connectivity index (χ4v) is 3.42. The molecular weight excluding hydrogens is 350 g/mol. The fourth-order valence-electron chi connectivity index (χ4n) is 3.42. The van der Waals surface area contributed by atoms with Gasteiger partial charge in [0.15, 0.2) is 0 Å². The minimum absolute atomic E-state index is 0.0662. The molecule has 6 nitrogen and oxygen atoms in total. The number of carbonyl (C=O) groups is 1. The Bertz CT molecular complexity index is 916. The molecule has 3 heterocycles. The number of nitrogens with zero attached hydrogens (tertiary/aromatic N) is 4. The molecule has 6 heteroatoms. The average Bonchev–Trinajstić information content (AvgIpc) is 3.22. The summed E-state index contributed by atoms with van der Waals surface area (Å²) in [5.74, 6) is 0.781. The Kier molecular flexibility index (Phi) is 5.56. The number of nitrogens with one attached hydrogen (secondary N) is 1. The summed E-state index contributed by atoms with van der Waals surface area (Å²) in [4.78, 5) is 27.8. The van der Waals surface area contributed by atoms with Gasteiger partial charge in [0.25, 0.3) is 0 Å². The molecule has 1 N–H and O–H groups in total. The maximum Gasteiger partial charge on any atom is 0.225 e. The third-order valence-electron chi connectivity index (χ3n) is 4.88. The van der Waals surface area contributed by atoms with Crippen LogP contribution in [0.3, 0.4) is 0 Å². The van der Waals surface area contributed by atoms with Crippen molar-refractivity contribution in [2.45, 2.75) is 25.3 Å². The van der Waals surface area contributed by atoms with Crippen molar-refractivity contribution >= 4 is 11.9 Å². The molecule has 28 heavy (non-hydrogen) atoms. The van der Waals surface area contributed by atoms with Crippen LogP contribution in [0.1, 0.15) is 18.5 Å². The summed E-state index contributed by atoms with van der Waals surface area (Å²) in [5.41, 5.74) is 2.93. The zero-order valence-corrected chi connectivity index (χ0v) is 15.7. The lowest BCUT2D eigenvalue weighted by atomic mass is 10.1. The van der Waals surface area contributed by atoms with E-state index in [1.807, 2.05) is 54.6 Å². The molecule has 1 amide bonds. The number of hydrogen-bond donors (Lipinski definition) is 1. The molecule has 0 spiro atoms. The van der Waals surface area contributed by atoms with Crippen LogP contribution in [0.25, 0.3) is 11.3 Å². The van der Waals surface area contributed by atoms with Crippen molar-refractivity contribution in [3.8, 4) is 11.3 Å². The van der Waals surface area contributed by atoms with Crippen molar-refractivity contribution in [3.05, 3.63) is 72.7 Å². The first kappa shape index (κ1) is 18.1. The third-order valence-corrected chi connectivity index (χ3v) is 4.88. The van der Waals surface area contributed by atoms with Gasteiger partial charge in [0.05, 0.1) is 5.69 Å². The summed E-state index contributed by atoms with van der Waals surface area (Å²) in [6, 6.07) is 17.9. The molecular formula is C22H23N5O. The highest BCUT2D eigenvalue weighted by molar-refractivity contribution is 5.76. The highest BCUT2D eigenvalue weighted by Gasteiger charge is 2.25. The van der Waals surface area contributed by atoms with Crippen molar-refractivity contribution in [1.29, 1.82) is 0 Å². The van der Waals surface area contributed by atoms with Crippen molar-refractivity contribution < 1.29 is 4.79 Å². The predicted octanol–water partition coefficient (Wildman–Crippen LogP) is 2.87. The molecule has 0 saturated carbocycles. The lowest BCUT2D eigenvalue weighted by molar-refractivity contribution is -0.121. The Morgan fingerprint density at radius 1 is 1.04 bits per heavy atom. The Morgan fingerprint density at radius 3 is 2.71 bits per heavy atom. The van der Waals surface area contributed by atoms with Crippen molar-refractivity contribution in [2.24, 2.45) is 0 Å². The van der Waals surface area contributed by atoms with Crippen molar-refractivity contribution in [3.63, 3.8) is 0 Å². The summed E-state index contributed by atoms with van der Waals surface area (Å²) in [7, 11) is 0. The van der Waals surface area contributed by atoms with Gasteiger partial charge in [0.2, 0.25) is 11.9 Å². The van der Waals surface area contributed by atoms with E-state index in [0.717, 1.165) is 36.5 Å². The topological polar surface area (TPSA) is 71.0 Å². The van der Waals surface area contributed by atoms with Gasteiger partial charge in [-0.25, -0.2) is 9.97 Å². The largest absolute Gasteiger partial charge is 0.352 e. The smallest absolute Gasteiger partial charge is 0.225 e. The average molecular weight is 373 g/mol. The molecule has 0 radical (unpaired) electrons. The molecule has 1 unspecified atom stereocenters. The van der Waals surface area contributed by atoms with Gasteiger partial charge in [0, 0.05) is 49.2 Å². The number of carbonyl (C=O) groups excluding carboxylic acids is 1. The Labute approximate surface area is 164 Å². The summed E-state index contributed by atoms with van der Waals surface area (Å²) in [6.07, 6.45) is 5.56. The van der Waals surface area contributed by atoms with Crippen LogP contribution < -0.4 is 10.2 Å². The SMILES string of the molecule is O=C(CCc1ccccn1)NC1CCN(c2nccc(-c3ccccc3)n2)C1. The summed E-state index contributed by atoms with van der Waals surface area (Å²) >= 11 is 0. The zero-order chi connectivity index (χ0) is 19.2. The van der Waals surface area contributed by atoms with Crippen LogP contribution in [0.4, 0.5) is 5.95 Å². The quantitative estimate of drug-likeness (QED) is 0.719. The lowest BCUT2D eigenvalue weighted by Gasteiger charge is -2.17. The number of hydrogen-bond acceptors (Lipinski definition) is 5. The van der Waals surface area contributed by atoms with E-state index in [4.69, 9.17) is 4.98 Å². The Hall–Kier alpha value is -3.28. The number of rotatable bonds is 6. The second-order valence-electron chi connectivity index (χ2n) is 6.93. The maximum atomic E-state index is 12.3. The van der Waals surface area contributed by atoms with Gasteiger partial charge >= 0.3 is 0 Å². The molecule has 0 aliphatic carbocycles. The van der Waals surface area contributed by atoms with E-state index in [1.54, 1.807) is 12.4 Å². The van der Waals surface area contributed by atoms with E-state index in [1.165, 1.54) is 0 Å². The lowest BCUT2D eigenvalue weighted by Crippen LogP contribution is -2.37. The van der Waals surface area contributed by atoms with E-state index in [9.17, 15) is 4.79 Å². The van der Waals surface area contributed by atoms with Crippen LogP contribution in [-0.4, -0.2) is 40.0 Å². The van der Waals surface area contributed by atoms with Crippen molar-refractivity contribution in [1.82, 2.24) is 20.3 Å². The van der Waals surface area contributed by atoms with Gasteiger partial charge in [0.1, 0.15) is 0 Å². The molecule has 142 valence electrons. The minimum atomic E-state index is 0.0662. The number of aromatic nitrogens is 3. The number of anilines is 1. The van der Waals surface area contributed by atoms with E-state index >= 15 is 0 Å². The number of pyridine rings is 1. The van der Waals surface area contributed by atoms with E-state index in [-0.39, 0.29) is 11.9 Å². The van der Waals surface area contributed by atoms with Crippen LogP contribution in [0.5, 0.6) is 0 Å². The molecule has 1 fully saturated rings. The Balaban J connectivity index is 1.32. The second kappa shape index (κ2) is 8.61. The third kappa shape index (κ3) is 4.52. The second-order valence-corrected chi connectivity index (χ2v) is 6.93. The highest BCUT2D eigenvalue weighted by Crippen LogP contribution is 2.21. The number of amides is 1. The first-order valence-corrected chi connectivity index (χ1v) is 9.60. The van der Waals surface area contributed by atoms with E-state index < -0.39 is 0 Å². The molecule has 4 rings (SSSR count). The predicted molar refractivity (Wildman–Crippen MR) is 109 cm³/mol. The van der Waals surface area contributed by atoms with Gasteiger partial charge in [-0.05, 0) is 31.0 Å². The first-order chi connectivity index (χ1) is 13.8. The fraction of sp³-hybridized carbons (Fsp3) is 0.273. The van der Waals surface area contributed by atoms with Crippen LogP contribution in [0, 0.1) is 0 Å². The van der Waals surface area contributed by atoms with Crippen LogP contribution in [0.2, 0.25) is 0 Å². The summed E-state index contributed by atoms with van der Waals surface area (Å²) in [6.45, 7) is 1.57.